The molecule has 0 radical (unpaired) electrons. The third kappa shape index (κ3) is 3.64. The first-order valence-corrected chi connectivity index (χ1v) is 7.13. The molecule has 20 heavy (non-hydrogen) atoms. The molecule has 2 N–H and O–H groups in total. The molecule has 0 saturated heterocycles. The SMILES string of the molecule is Cc1cc(OCC(=O)NC(C)(CO)C2CC2)ccc1Cl. The second-order valence-corrected chi connectivity index (χ2v) is 6.00. The molecule has 0 heterocycles. The van der Waals surface area contributed by atoms with Gasteiger partial charge in [-0.25, -0.2) is 0 Å². The Balaban J connectivity index is 1.87. The van der Waals surface area contributed by atoms with E-state index in [-0.39, 0.29) is 19.1 Å². The van der Waals surface area contributed by atoms with Crippen molar-refractivity contribution < 1.29 is 14.6 Å². The predicted octanol–water partition coefficient (Wildman–Crippen LogP) is 2.30. The number of carbonyl (C=O) groups excluding carboxylic acids is 1. The van der Waals surface area contributed by atoms with Gasteiger partial charge in [0.15, 0.2) is 6.61 Å². The molecule has 1 amide bonds. The zero-order valence-corrected chi connectivity index (χ0v) is 12.5. The van der Waals surface area contributed by atoms with E-state index in [1.165, 1.54) is 0 Å². The van der Waals surface area contributed by atoms with Crippen molar-refractivity contribution in [2.45, 2.75) is 32.2 Å². The number of benzene rings is 1. The van der Waals surface area contributed by atoms with Gasteiger partial charge < -0.3 is 15.2 Å². The Labute approximate surface area is 124 Å². The van der Waals surface area contributed by atoms with E-state index in [0.717, 1.165) is 18.4 Å². The van der Waals surface area contributed by atoms with Crippen molar-refractivity contribution in [2.75, 3.05) is 13.2 Å². The Morgan fingerprint density at radius 2 is 2.25 bits per heavy atom. The number of hydrogen-bond donors (Lipinski definition) is 2. The summed E-state index contributed by atoms with van der Waals surface area (Å²) in [4.78, 5) is 11.9. The molecule has 1 fully saturated rings. The van der Waals surface area contributed by atoms with Crippen LogP contribution >= 0.6 is 11.6 Å². The maximum Gasteiger partial charge on any atom is 0.258 e. The number of aliphatic hydroxyl groups is 1. The second kappa shape index (κ2) is 6.02. The van der Waals surface area contributed by atoms with Crippen LogP contribution in [0.15, 0.2) is 18.2 Å². The van der Waals surface area contributed by atoms with Crippen LogP contribution in [-0.2, 0) is 4.79 Å². The van der Waals surface area contributed by atoms with E-state index in [9.17, 15) is 9.90 Å². The van der Waals surface area contributed by atoms with E-state index in [2.05, 4.69) is 5.32 Å². The lowest BCUT2D eigenvalue weighted by atomic mass is 9.97. The summed E-state index contributed by atoms with van der Waals surface area (Å²) in [6.45, 7) is 3.63. The molecule has 1 aliphatic rings. The van der Waals surface area contributed by atoms with Gasteiger partial charge in [-0.1, -0.05) is 11.6 Å². The molecule has 1 aromatic rings. The van der Waals surface area contributed by atoms with Gasteiger partial charge in [-0.05, 0) is 56.4 Å². The molecule has 110 valence electrons. The van der Waals surface area contributed by atoms with E-state index < -0.39 is 5.54 Å². The summed E-state index contributed by atoms with van der Waals surface area (Å²) in [7, 11) is 0. The molecule has 1 aliphatic carbocycles. The quantitative estimate of drug-likeness (QED) is 0.847. The molecule has 1 aromatic carbocycles. The van der Waals surface area contributed by atoms with Gasteiger partial charge in [0.2, 0.25) is 0 Å². The van der Waals surface area contributed by atoms with Gasteiger partial charge >= 0.3 is 0 Å². The van der Waals surface area contributed by atoms with Gasteiger partial charge in [-0.15, -0.1) is 0 Å². The van der Waals surface area contributed by atoms with Crippen molar-refractivity contribution in [3.63, 3.8) is 0 Å². The summed E-state index contributed by atoms with van der Waals surface area (Å²) >= 11 is 5.93. The summed E-state index contributed by atoms with van der Waals surface area (Å²) in [5.74, 6) is 0.759. The summed E-state index contributed by atoms with van der Waals surface area (Å²) in [5.41, 5.74) is 0.374. The van der Waals surface area contributed by atoms with Crippen LogP contribution in [0.4, 0.5) is 0 Å². The topological polar surface area (TPSA) is 58.6 Å². The Kier molecular flexibility index (Phi) is 4.55. The second-order valence-electron chi connectivity index (χ2n) is 5.60. The van der Waals surface area contributed by atoms with E-state index >= 15 is 0 Å². The fraction of sp³-hybridized carbons (Fsp3) is 0.533. The number of nitrogens with one attached hydrogen (secondary N) is 1. The highest BCUT2D eigenvalue weighted by Crippen LogP contribution is 2.39. The van der Waals surface area contributed by atoms with Gasteiger partial charge in [0.1, 0.15) is 5.75 Å². The molecule has 4 nitrogen and oxygen atoms in total. The molecule has 0 aromatic heterocycles. The fourth-order valence-electron chi connectivity index (χ4n) is 2.20. The Bertz CT molecular complexity index is 502. The number of halogens is 1. The normalized spacial score (nSPS) is 17.4. The number of aryl methyl sites for hydroxylation is 1. The summed E-state index contributed by atoms with van der Waals surface area (Å²) in [6, 6.07) is 5.27. The largest absolute Gasteiger partial charge is 0.484 e. The first-order chi connectivity index (χ1) is 9.44. The highest BCUT2D eigenvalue weighted by molar-refractivity contribution is 6.31. The average Bonchev–Trinajstić information content (AvgIpc) is 3.25. The maximum atomic E-state index is 11.9. The molecule has 5 heteroatoms. The molecular weight excluding hydrogens is 278 g/mol. The zero-order valence-electron chi connectivity index (χ0n) is 11.8. The number of rotatable bonds is 6. The molecule has 0 aliphatic heterocycles. The van der Waals surface area contributed by atoms with Crippen molar-refractivity contribution in [1.82, 2.24) is 5.32 Å². The minimum atomic E-state index is -0.531. The first kappa shape index (κ1) is 15.1. The minimum Gasteiger partial charge on any atom is -0.484 e. The number of aliphatic hydroxyl groups excluding tert-OH is 1. The van der Waals surface area contributed by atoms with Crippen LogP contribution in [0, 0.1) is 12.8 Å². The van der Waals surface area contributed by atoms with Crippen LogP contribution in [0.3, 0.4) is 0 Å². The zero-order chi connectivity index (χ0) is 14.8. The summed E-state index contributed by atoms with van der Waals surface area (Å²) < 4.78 is 5.44. The minimum absolute atomic E-state index is 0.0521. The van der Waals surface area contributed by atoms with Gasteiger partial charge in [0.25, 0.3) is 5.91 Å². The third-order valence-electron chi connectivity index (χ3n) is 3.73. The number of carbonyl (C=O) groups is 1. The van der Waals surface area contributed by atoms with Gasteiger partial charge in [0.05, 0.1) is 12.1 Å². The molecule has 1 saturated carbocycles. The molecule has 0 bridgehead atoms. The molecule has 1 unspecified atom stereocenters. The maximum absolute atomic E-state index is 11.9. The van der Waals surface area contributed by atoms with Gasteiger partial charge in [-0.3, -0.25) is 4.79 Å². The van der Waals surface area contributed by atoms with Crippen molar-refractivity contribution in [3.05, 3.63) is 28.8 Å². The number of ether oxygens (including phenoxy) is 1. The Hall–Kier alpha value is -1.26. The van der Waals surface area contributed by atoms with Crippen LogP contribution in [0.25, 0.3) is 0 Å². The average molecular weight is 298 g/mol. The van der Waals surface area contributed by atoms with Crippen molar-refractivity contribution >= 4 is 17.5 Å². The highest BCUT2D eigenvalue weighted by atomic mass is 35.5. The van der Waals surface area contributed by atoms with Crippen molar-refractivity contribution in [3.8, 4) is 5.75 Å². The predicted molar refractivity (Wildman–Crippen MR) is 78.0 cm³/mol. The van der Waals surface area contributed by atoms with E-state index in [1.807, 2.05) is 13.8 Å². The standard InChI is InChI=1S/C15H20ClNO3/c1-10-7-12(5-6-13(10)16)20-8-14(19)17-15(2,9-18)11-3-4-11/h5-7,11,18H,3-4,8-9H2,1-2H3,(H,17,19). The van der Waals surface area contributed by atoms with E-state index in [1.54, 1.807) is 18.2 Å². The molecule has 2 rings (SSSR count). The lowest BCUT2D eigenvalue weighted by Crippen LogP contribution is -2.52. The van der Waals surface area contributed by atoms with E-state index in [0.29, 0.717) is 16.7 Å². The van der Waals surface area contributed by atoms with Crippen LogP contribution in [0.1, 0.15) is 25.3 Å². The Morgan fingerprint density at radius 3 is 2.80 bits per heavy atom. The number of amides is 1. The van der Waals surface area contributed by atoms with Gasteiger partial charge in [0, 0.05) is 5.02 Å². The van der Waals surface area contributed by atoms with Crippen molar-refractivity contribution in [2.24, 2.45) is 5.92 Å². The third-order valence-corrected chi connectivity index (χ3v) is 4.16. The van der Waals surface area contributed by atoms with E-state index in [4.69, 9.17) is 16.3 Å². The van der Waals surface area contributed by atoms with Crippen LogP contribution < -0.4 is 10.1 Å². The monoisotopic (exact) mass is 297 g/mol. The fourth-order valence-corrected chi connectivity index (χ4v) is 2.32. The molecule has 1 atom stereocenters. The lowest BCUT2D eigenvalue weighted by molar-refractivity contribution is -0.125. The molecule has 0 spiro atoms. The van der Waals surface area contributed by atoms with Crippen LogP contribution in [0.2, 0.25) is 5.02 Å². The summed E-state index contributed by atoms with van der Waals surface area (Å²) in [6.07, 6.45) is 2.10. The summed E-state index contributed by atoms with van der Waals surface area (Å²) in [5, 5.41) is 13.0. The van der Waals surface area contributed by atoms with Gasteiger partial charge in [-0.2, -0.15) is 0 Å². The smallest absolute Gasteiger partial charge is 0.258 e. The lowest BCUT2D eigenvalue weighted by Gasteiger charge is -2.28. The van der Waals surface area contributed by atoms with Crippen LogP contribution in [-0.4, -0.2) is 29.8 Å². The van der Waals surface area contributed by atoms with Crippen LogP contribution in [0.5, 0.6) is 5.75 Å². The highest BCUT2D eigenvalue weighted by Gasteiger charge is 2.42. The first-order valence-electron chi connectivity index (χ1n) is 6.75. The van der Waals surface area contributed by atoms with Crippen molar-refractivity contribution in [1.29, 1.82) is 0 Å². The molecular formula is C15H20ClNO3. The Morgan fingerprint density at radius 1 is 1.55 bits per heavy atom. The number of hydrogen-bond acceptors (Lipinski definition) is 3.